The number of nitrogens with zero attached hydrogens (tertiary/aromatic N) is 2. The van der Waals surface area contributed by atoms with E-state index in [0.717, 1.165) is 0 Å². The molecular weight excluding hydrogens is 186 g/mol. The van der Waals surface area contributed by atoms with Crippen molar-refractivity contribution in [1.29, 1.82) is 0 Å². The predicted octanol–water partition coefficient (Wildman–Crippen LogP) is 0.412. The summed E-state index contributed by atoms with van der Waals surface area (Å²) >= 11 is 0. The molecule has 1 rings (SSSR count). The second-order valence-electron chi connectivity index (χ2n) is 3.06. The third-order valence-corrected chi connectivity index (χ3v) is 1.81. The molecule has 0 saturated carbocycles. The number of hydrogen-bond acceptors (Lipinski definition) is 5. The number of rotatable bonds is 6. The average Bonchev–Trinajstić information content (AvgIpc) is 2.63. The molecule has 0 bridgehead atoms. The van der Waals surface area contributed by atoms with Gasteiger partial charge < -0.3 is 14.9 Å². The van der Waals surface area contributed by atoms with Crippen molar-refractivity contribution in [2.75, 3.05) is 0 Å². The molecule has 0 radical (unpaired) electrons. The monoisotopic (exact) mass is 199 g/mol. The molecule has 0 aromatic carbocycles. The molecule has 6 nitrogen and oxygen atoms in total. The predicted molar refractivity (Wildman–Crippen MR) is 47.5 cm³/mol. The van der Waals surface area contributed by atoms with E-state index in [1.54, 1.807) is 0 Å². The van der Waals surface area contributed by atoms with E-state index in [1.807, 2.05) is 6.92 Å². The molecule has 0 saturated heterocycles. The highest BCUT2D eigenvalue weighted by Crippen LogP contribution is 1.97. The van der Waals surface area contributed by atoms with Crippen molar-refractivity contribution >= 4 is 5.97 Å². The highest BCUT2D eigenvalue weighted by Gasteiger charge is 2.06. The van der Waals surface area contributed by atoms with E-state index in [9.17, 15) is 4.79 Å². The third kappa shape index (κ3) is 3.99. The number of aromatic nitrogens is 2. The first-order chi connectivity index (χ1) is 6.68. The van der Waals surface area contributed by atoms with E-state index in [4.69, 9.17) is 5.11 Å². The fraction of sp³-hybridized carbons (Fsp3) is 0.625. The molecule has 1 unspecified atom stereocenters. The van der Waals surface area contributed by atoms with Crippen LogP contribution in [0.15, 0.2) is 10.9 Å². The summed E-state index contributed by atoms with van der Waals surface area (Å²) in [5, 5.41) is 15.2. The van der Waals surface area contributed by atoms with Crippen LogP contribution in [-0.2, 0) is 11.3 Å². The summed E-state index contributed by atoms with van der Waals surface area (Å²) in [7, 11) is 0. The second kappa shape index (κ2) is 5.33. The molecule has 1 aromatic rings. The van der Waals surface area contributed by atoms with Crippen molar-refractivity contribution in [1.82, 2.24) is 15.5 Å². The molecule has 1 heterocycles. The standard InChI is InChI=1S/C8H13N3O3/c1-6(2-3-8(12)13)9-4-7-10-5-14-11-7/h5-6,9H,2-4H2,1H3,(H,12,13). The van der Waals surface area contributed by atoms with Gasteiger partial charge >= 0.3 is 5.97 Å². The first-order valence-electron chi connectivity index (χ1n) is 4.39. The molecule has 1 aromatic heterocycles. The van der Waals surface area contributed by atoms with Crippen molar-refractivity contribution in [3.05, 3.63) is 12.2 Å². The number of aliphatic carboxylic acids is 1. The minimum atomic E-state index is -0.779. The summed E-state index contributed by atoms with van der Waals surface area (Å²) in [5.74, 6) is -0.203. The molecule has 1 atom stereocenters. The summed E-state index contributed by atoms with van der Waals surface area (Å²) in [4.78, 5) is 14.1. The lowest BCUT2D eigenvalue weighted by molar-refractivity contribution is -0.137. The number of carboxylic acids is 1. The van der Waals surface area contributed by atoms with Crippen LogP contribution in [-0.4, -0.2) is 27.3 Å². The van der Waals surface area contributed by atoms with Crippen LogP contribution in [0.3, 0.4) is 0 Å². The van der Waals surface area contributed by atoms with Crippen LogP contribution in [0, 0.1) is 0 Å². The maximum atomic E-state index is 10.3. The van der Waals surface area contributed by atoms with Crippen molar-refractivity contribution in [3.8, 4) is 0 Å². The lowest BCUT2D eigenvalue weighted by Gasteiger charge is -2.09. The molecular formula is C8H13N3O3. The molecule has 0 aliphatic heterocycles. The van der Waals surface area contributed by atoms with Gasteiger partial charge in [0.25, 0.3) is 0 Å². The van der Waals surface area contributed by atoms with Crippen LogP contribution < -0.4 is 5.32 Å². The quantitative estimate of drug-likeness (QED) is 0.690. The first-order valence-corrected chi connectivity index (χ1v) is 4.39. The van der Waals surface area contributed by atoms with Gasteiger partial charge in [0.1, 0.15) is 0 Å². The highest BCUT2D eigenvalue weighted by atomic mass is 16.5. The van der Waals surface area contributed by atoms with Gasteiger partial charge in [0.15, 0.2) is 5.82 Å². The van der Waals surface area contributed by atoms with Crippen LogP contribution in [0.25, 0.3) is 0 Å². The maximum absolute atomic E-state index is 10.3. The van der Waals surface area contributed by atoms with Crippen molar-refractivity contribution in [2.24, 2.45) is 0 Å². The van der Waals surface area contributed by atoms with Crippen LogP contribution in [0.1, 0.15) is 25.6 Å². The Bertz CT molecular complexity index is 273. The molecule has 0 fully saturated rings. The first kappa shape index (κ1) is 10.6. The van der Waals surface area contributed by atoms with Crippen LogP contribution in [0.5, 0.6) is 0 Å². The Morgan fingerprint density at radius 3 is 3.14 bits per heavy atom. The molecule has 2 N–H and O–H groups in total. The zero-order chi connectivity index (χ0) is 10.4. The summed E-state index contributed by atoms with van der Waals surface area (Å²) in [6.07, 6.45) is 2.02. The molecule has 0 aliphatic carbocycles. The number of carbonyl (C=O) groups is 1. The van der Waals surface area contributed by atoms with Gasteiger partial charge in [-0.3, -0.25) is 4.79 Å². The van der Waals surface area contributed by atoms with Crippen molar-refractivity contribution in [3.63, 3.8) is 0 Å². The van der Waals surface area contributed by atoms with E-state index in [2.05, 4.69) is 20.0 Å². The van der Waals surface area contributed by atoms with Gasteiger partial charge in [0.2, 0.25) is 6.39 Å². The van der Waals surface area contributed by atoms with E-state index >= 15 is 0 Å². The number of nitrogens with one attached hydrogen (secondary N) is 1. The Morgan fingerprint density at radius 1 is 1.79 bits per heavy atom. The summed E-state index contributed by atoms with van der Waals surface area (Å²) in [6.45, 7) is 2.42. The van der Waals surface area contributed by atoms with E-state index in [1.165, 1.54) is 6.39 Å². The number of carboxylic acid groups (broad SMARTS) is 1. The Kier molecular flexibility index (Phi) is 4.06. The Hall–Kier alpha value is -1.43. The fourth-order valence-corrected chi connectivity index (χ4v) is 0.978. The molecule has 6 heteroatoms. The van der Waals surface area contributed by atoms with Gasteiger partial charge in [-0.1, -0.05) is 5.16 Å². The smallest absolute Gasteiger partial charge is 0.303 e. The van der Waals surface area contributed by atoms with Crippen molar-refractivity contribution in [2.45, 2.75) is 32.4 Å². The summed E-state index contributed by atoms with van der Waals surface area (Å²) in [6, 6.07) is 0.129. The fourth-order valence-electron chi connectivity index (χ4n) is 0.978. The van der Waals surface area contributed by atoms with Gasteiger partial charge in [-0.25, -0.2) is 0 Å². The van der Waals surface area contributed by atoms with Crippen molar-refractivity contribution < 1.29 is 14.4 Å². The van der Waals surface area contributed by atoms with E-state index in [-0.39, 0.29) is 12.5 Å². The topological polar surface area (TPSA) is 88.2 Å². The van der Waals surface area contributed by atoms with Gasteiger partial charge in [-0.15, -0.1) is 0 Å². The van der Waals surface area contributed by atoms with Crippen LogP contribution in [0.4, 0.5) is 0 Å². The molecule has 0 spiro atoms. The second-order valence-corrected chi connectivity index (χ2v) is 3.06. The Balaban J connectivity index is 2.15. The molecule has 0 aliphatic rings. The van der Waals surface area contributed by atoms with E-state index in [0.29, 0.717) is 18.8 Å². The van der Waals surface area contributed by atoms with E-state index < -0.39 is 5.97 Å². The highest BCUT2D eigenvalue weighted by molar-refractivity contribution is 5.66. The maximum Gasteiger partial charge on any atom is 0.303 e. The van der Waals surface area contributed by atoms with Crippen LogP contribution in [0.2, 0.25) is 0 Å². The molecule has 78 valence electrons. The molecule has 0 amide bonds. The minimum absolute atomic E-state index is 0.129. The zero-order valence-corrected chi connectivity index (χ0v) is 7.93. The third-order valence-electron chi connectivity index (χ3n) is 1.81. The Labute approximate surface area is 81.3 Å². The largest absolute Gasteiger partial charge is 0.481 e. The van der Waals surface area contributed by atoms with Crippen LogP contribution >= 0.6 is 0 Å². The summed E-state index contributed by atoms with van der Waals surface area (Å²) < 4.78 is 4.55. The number of hydrogen-bond donors (Lipinski definition) is 2. The zero-order valence-electron chi connectivity index (χ0n) is 7.93. The average molecular weight is 199 g/mol. The van der Waals surface area contributed by atoms with Gasteiger partial charge in [0, 0.05) is 12.5 Å². The SMILES string of the molecule is CC(CCC(=O)O)NCc1ncon1. The lowest BCUT2D eigenvalue weighted by atomic mass is 10.2. The minimum Gasteiger partial charge on any atom is -0.481 e. The Morgan fingerprint density at radius 2 is 2.57 bits per heavy atom. The normalized spacial score (nSPS) is 12.6. The summed E-state index contributed by atoms with van der Waals surface area (Å²) in [5.41, 5.74) is 0. The van der Waals surface area contributed by atoms with Gasteiger partial charge in [-0.05, 0) is 13.3 Å². The van der Waals surface area contributed by atoms with Gasteiger partial charge in [-0.2, -0.15) is 4.98 Å². The lowest BCUT2D eigenvalue weighted by Crippen LogP contribution is -2.26. The van der Waals surface area contributed by atoms with Gasteiger partial charge in [0.05, 0.1) is 6.54 Å². The molecule has 14 heavy (non-hydrogen) atoms.